The van der Waals surface area contributed by atoms with E-state index in [1.54, 1.807) is 0 Å². The molecule has 1 aliphatic rings. The van der Waals surface area contributed by atoms with Crippen molar-refractivity contribution in [3.05, 3.63) is 35.4 Å². The second kappa shape index (κ2) is 4.70. The average molecular weight is 240 g/mol. The van der Waals surface area contributed by atoms with Crippen molar-refractivity contribution in [2.45, 2.75) is 38.4 Å². The van der Waals surface area contributed by atoms with Gasteiger partial charge in [0.1, 0.15) is 11.6 Å². The molecule has 1 saturated heterocycles. The zero-order chi connectivity index (χ0) is 12.6. The van der Waals surface area contributed by atoms with Crippen LogP contribution in [0.2, 0.25) is 0 Å². The fourth-order valence-electron chi connectivity index (χ4n) is 2.61. The molecule has 0 amide bonds. The van der Waals surface area contributed by atoms with E-state index >= 15 is 0 Å². The minimum atomic E-state index is -0.539. The Bertz CT molecular complexity index is 386. The van der Waals surface area contributed by atoms with Crippen molar-refractivity contribution < 1.29 is 8.78 Å². The third-order valence-electron chi connectivity index (χ3n) is 3.37. The largest absolute Gasteiger partial charge is 0.326 e. The van der Waals surface area contributed by atoms with Crippen molar-refractivity contribution in [2.75, 3.05) is 6.54 Å². The quantitative estimate of drug-likeness (QED) is 0.860. The van der Waals surface area contributed by atoms with Crippen molar-refractivity contribution in [1.82, 2.24) is 4.90 Å². The maximum atomic E-state index is 13.2. The first kappa shape index (κ1) is 12.5. The standard InChI is InChI=1S/C13H18F2N2/c1-8(2)17-4-3-12(16)13(17)9-5-10(14)7-11(15)6-9/h5-8,12-13H,3-4,16H2,1-2H3/t12-,13+/m0/s1. The van der Waals surface area contributed by atoms with Crippen LogP contribution in [-0.2, 0) is 0 Å². The minimum Gasteiger partial charge on any atom is -0.326 e. The third kappa shape index (κ3) is 2.48. The lowest BCUT2D eigenvalue weighted by molar-refractivity contribution is 0.197. The van der Waals surface area contributed by atoms with Crippen molar-refractivity contribution >= 4 is 0 Å². The molecule has 0 bridgehead atoms. The zero-order valence-electron chi connectivity index (χ0n) is 10.2. The average Bonchev–Trinajstić information content (AvgIpc) is 2.58. The highest BCUT2D eigenvalue weighted by Gasteiger charge is 2.34. The van der Waals surface area contributed by atoms with Gasteiger partial charge in [0, 0.05) is 24.7 Å². The van der Waals surface area contributed by atoms with Gasteiger partial charge in [0.25, 0.3) is 0 Å². The summed E-state index contributed by atoms with van der Waals surface area (Å²) in [6, 6.07) is 3.84. The first-order valence-electron chi connectivity index (χ1n) is 5.96. The summed E-state index contributed by atoms with van der Waals surface area (Å²) in [6.45, 7) is 5.02. The van der Waals surface area contributed by atoms with E-state index in [2.05, 4.69) is 18.7 Å². The minimum absolute atomic E-state index is 0.0569. The molecule has 0 unspecified atom stereocenters. The number of hydrogen-bond donors (Lipinski definition) is 1. The lowest BCUT2D eigenvalue weighted by atomic mass is 10.00. The molecule has 94 valence electrons. The van der Waals surface area contributed by atoms with Crippen LogP contribution in [0.15, 0.2) is 18.2 Å². The first-order valence-corrected chi connectivity index (χ1v) is 5.96. The maximum absolute atomic E-state index is 13.2. The molecule has 0 aliphatic carbocycles. The fourth-order valence-corrected chi connectivity index (χ4v) is 2.61. The normalized spacial score (nSPS) is 25.8. The van der Waals surface area contributed by atoms with Crippen LogP contribution < -0.4 is 5.73 Å². The maximum Gasteiger partial charge on any atom is 0.126 e. The van der Waals surface area contributed by atoms with E-state index in [-0.39, 0.29) is 12.1 Å². The molecule has 2 N–H and O–H groups in total. The summed E-state index contributed by atoms with van der Waals surface area (Å²) >= 11 is 0. The Labute approximate surface area is 100 Å². The topological polar surface area (TPSA) is 29.3 Å². The molecular formula is C13H18F2N2. The summed E-state index contributed by atoms with van der Waals surface area (Å²) in [5.41, 5.74) is 6.69. The van der Waals surface area contributed by atoms with Crippen molar-refractivity contribution in [3.8, 4) is 0 Å². The molecule has 1 fully saturated rings. The summed E-state index contributed by atoms with van der Waals surface area (Å²) in [5.74, 6) is -1.08. The Morgan fingerprint density at radius 3 is 2.35 bits per heavy atom. The van der Waals surface area contributed by atoms with E-state index in [9.17, 15) is 8.78 Å². The lowest BCUT2D eigenvalue weighted by Crippen LogP contribution is -2.36. The Kier molecular flexibility index (Phi) is 3.45. The summed E-state index contributed by atoms with van der Waals surface area (Å²) in [4.78, 5) is 2.19. The molecular weight excluding hydrogens is 222 g/mol. The van der Waals surface area contributed by atoms with Crippen molar-refractivity contribution in [1.29, 1.82) is 0 Å². The van der Waals surface area contributed by atoms with Crippen LogP contribution in [0.5, 0.6) is 0 Å². The van der Waals surface area contributed by atoms with E-state index in [0.717, 1.165) is 19.0 Å². The molecule has 17 heavy (non-hydrogen) atoms. The van der Waals surface area contributed by atoms with Gasteiger partial charge in [0.15, 0.2) is 0 Å². The Balaban J connectivity index is 2.36. The molecule has 0 aromatic heterocycles. The highest BCUT2D eigenvalue weighted by atomic mass is 19.1. The molecule has 0 radical (unpaired) electrons. The molecule has 0 saturated carbocycles. The zero-order valence-corrected chi connectivity index (χ0v) is 10.2. The molecule has 4 heteroatoms. The predicted molar refractivity (Wildman–Crippen MR) is 63.5 cm³/mol. The van der Waals surface area contributed by atoms with E-state index < -0.39 is 11.6 Å². The van der Waals surface area contributed by atoms with Crippen LogP contribution in [0, 0.1) is 11.6 Å². The lowest BCUT2D eigenvalue weighted by Gasteiger charge is -2.30. The van der Waals surface area contributed by atoms with Crippen LogP contribution in [-0.4, -0.2) is 23.5 Å². The molecule has 1 aromatic rings. The van der Waals surface area contributed by atoms with Gasteiger partial charge in [-0.3, -0.25) is 4.90 Å². The van der Waals surface area contributed by atoms with Gasteiger partial charge in [-0.2, -0.15) is 0 Å². The van der Waals surface area contributed by atoms with Gasteiger partial charge < -0.3 is 5.73 Å². The Morgan fingerprint density at radius 2 is 1.82 bits per heavy atom. The number of rotatable bonds is 2. The first-order chi connectivity index (χ1) is 7.99. The third-order valence-corrected chi connectivity index (χ3v) is 3.37. The second-order valence-corrected chi connectivity index (χ2v) is 4.93. The predicted octanol–water partition coefficient (Wildman–Crippen LogP) is 2.45. The Hall–Kier alpha value is -1.00. The second-order valence-electron chi connectivity index (χ2n) is 4.93. The number of halogens is 2. The smallest absolute Gasteiger partial charge is 0.126 e. The van der Waals surface area contributed by atoms with E-state index in [0.29, 0.717) is 11.6 Å². The molecule has 2 rings (SSSR count). The van der Waals surface area contributed by atoms with Crippen molar-refractivity contribution in [2.24, 2.45) is 5.73 Å². The summed E-state index contributed by atoms with van der Waals surface area (Å²) < 4.78 is 26.5. The van der Waals surface area contributed by atoms with Crippen LogP contribution in [0.4, 0.5) is 8.78 Å². The van der Waals surface area contributed by atoms with Gasteiger partial charge in [-0.25, -0.2) is 8.78 Å². The SMILES string of the molecule is CC(C)N1CC[C@H](N)[C@H]1c1cc(F)cc(F)c1. The Morgan fingerprint density at radius 1 is 1.24 bits per heavy atom. The van der Waals surface area contributed by atoms with Gasteiger partial charge in [-0.1, -0.05) is 0 Å². The number of nitrogens with zero attached hydrogens (tertiary/aromatic N) is 1. The number of nitrogens with two attached hydrogens (primary N) is 1. The molecule has 1 heterocycles. The molecule has 1 aromatic carbocycles. The van der Waals surface area contributed by atoms with E-state index in [1.165, 1.54) is 12.1 Å². The number of hydrogen-bond acceptors (Lipinski definition) is 2. The monoisotopic (exact) mass is 240 g/mol. The molecule has 0 spiro atoms. The molecule has 1 aliphatic heterocycles. The summed E-state index contributed by atoms with van der Waals surface area (Å²) in [7, 11) is 0. The van der Waals surface area contributed by atoms with E-state index in [1.807, 2.05) is 0 Å². The van der Waals surface area contributed by atoms with Crippen LogP contribution >= 0.6 is 0 Å². The van der Waals surface area contributed by atoms with Gasteiger partial charge in [-0.15, -0.1) is 0 Å². The summed E-state index contributed by atoms with van der Waals surface area (Å²) in [6.07, 6.45) is 0.862. The number of benzene rings is 1. The highest BCUT2D eigenvalue weighted by molar-refractivity contribution is 5.24. The molecule has 2 nitrogen and oxygen atoms in total. The number of likely N-dealkylation sites (tertiary alicyclic amines) is 1. The van der Waals surface area contributed by atoms with Gasteiger partial charge in [0.05, 0.1) is 6.04 Å². The van der Waals surface area contributed by atoms with Crippen LogP contribution in [0.3, 0.4) is 0 Å². The fraction of sp³-hybridized carbons (Fsp3) is 0.538. The summed E-state index contributed by atoms with van der Waals surface area (Å²) in [5, 5.41) is 0. The van der Waals surface area contributed by atoms with Crippen LogP contribution in [0.25, 0.3) is 0 Å². The van der Waals surface area contributed by atoms with E-state index in [4.69, 9.17) is 5.73 Å². The highest BCUT2D eigenvalue weighted by Crippen LogP contribution is 2.33. The van der Waals surface area contributed by atoms with Crippen molar-refractivity contribution in [3.63, 3.8) is 0 Å². The van der Waals surface area contributed by atoms with Gasteiger partial charge in [-0.05, 0) is 38.0 Å². The van der Waals surface area contributed by atoms with Gasteiger partial charge >= 0.3 is 0 Å². The van der Waals surface area contributed by atoms with Crippen LogP contribution in [0.1, 0.15) is 31.9 Å². The molecule has 2 atom stereocenters. The van der Waals surface area contributed by atoms with Gasteiger partial charge in [0.2, 0.25) is 0 Å².